The Labute approximate surface area is 139 Å². The Hall–Kier alpha value is -1.69. The molecule has 1 saturated carbocycles. The van der Waals surface area contributed by atoms with Crippen molar-refractivity contribution >= 4 is 11.9 Å². The summed E-state index contributed by atoms with van der Waals surface area (Å²) >= 11 is 0. The standard InChI is InChI=1S/C17H29N5O/c1-13-12-15(16(23)18-10-7-11-22(2)3)21-17(19-13)20-14-8-5-4-6-9-14/h12,14H,4-11H2,1-3H3,(H,18,23)(H,19,20,21). The third kappa shape index (κ3) is 6.14. The molecule has 0 saturated heterocycles. The van der Waals surface area contributed by atoms with Gasteiger partial charge in [0.05, 0.1) is 0 Å². The maximum absolute atomic E-state index is 12.2. The van der Waals surface area contributed by atoms with Crippen molar-refractivity contribution in [3.63, 3.8) is 0 Å². The van der Waals surface area contributed by atoms with E-state index in [-0.39, 0.29) is 5.91 Å². The zero-order chi connectivity index (χ0) is 16.7. The summed E-state index contributed by atoms with van der Waals surface area (Å²) in [6.45, 7) is 3.51. The minimum atomic E-state index is -0.124. The number of rotatable bonds is 7. The maximum atomic E-state index is 12.2. The lowest BCUT2D eigenvalue weighted by atomic mass is 9.96. The largest absolute Gasteiger partial charge is 0.351 e. The summed E-state index contributed by atoms with van der Waals surface area (Å²) in [4.78, 5) is 23.2. The van der Waals surface area contributed by atoms with E-state index in [9.17, 15) is 4.79 Å². The van der Waals surface area contributed by atoms with Gasteiger partial charge in [-0.2, -0.15) is 0 Å². The third-order valence-electron chi connectivity index (χ3n) is 4.09. The molecule has 0 aromatic carbocycles. The van der Waals surface area contributed by atoms with E-state index >= 15 is 0 Å². The van der Waals surface area contributed by atoms with Crippen LogP contribution in [0.5, 0.6) is 0 Å². The van der Waals surface area contributed by atoms with Gasteiger partial charge in [-0.15, -0.1) is 0 Å². The van der Waals surface area contributed by atoms with E-state index in [0.29, 0.717) is 24.2 Å². The normalized spacial score (nSPS) is 15.7. The SMILES string of the molecule is Cc1cc(C(=O)NCCCN(C)C)nc(NC2CCCCC2)n1. The van der Waals surface area contributed by atoms with Crippen molar-refractivity contribution in [2.24, 2.45) is 0 Å². The van der Waals surface area contributed by atoms with Crippen LogP contribution in [0.1, 0.15) is 54.7 Å². The summed E-state index contributed by atoms with van der Waals surface area (Å²) in [7, 11) is 4.05. The number of hydrogen-bond acceptors (Lipinski definition) is 5. The van der Waals surface area contributed by atoms with Gasteiger partial charge in [-0.1, -0.05) is 19.3 Å². The molecule has 0 aliphatic heterocycles. The van der Waals surface area contributed by atoms with Crippen LogP contribution in [-0.4, -0.2) is 54.0 Å². The number of anilines is 1. The number of nitrogens with zero attached hydrogens (tertiary/aromatic N) is 3. The Bertz CT molecular complexity index is 512. The molecule has 1 fully saturated rings. The van der Waals surface area contributed by atoms with Crippen molar-refractivity contribution in [1.29, 1.82) is 0 Å². The summed E-state index contributed by atoms with van der Waals surface area (Å²) < 4.78 is 0. The number of amides is 1. The van der Waals surface area contributed by atoms with Crippen molar-refractivity contribution in [1.82, 2.24) is 20.2 Å². The summed E-state index contributed by atoms with van der Waals surface area (Å²) in [5.74, 6) is 0.455. The number of nitrogens with one attached hydrogen (secondary N) is 2. The molecule has 1 aromatic rings. The minimum absolute atomic E-state index is 0.124. The summed E-state index contributed by atoms with van der Waals surface area (Å²) in [6, 6.07) is 2.18. The molecule has 1 heterocycles. The molecular weight excluding hydrogens is 290 g/mol. The molecule has 0 spiro atoms. The zero-order valence-corrected chi connectivity index (χ0v) is 14.6. The van der Waals surface area contributed by atoms with Crippen molar-refractivity contribution < 1.29 is 4.79 Å². The highest BCUT2D eigenvalue weighted by molar-refractivity contribution is 5.92. The van der Waals surface area contributed by atoms with Crippen molar-refractivity contribution in [3.8, 4) is 0 Å². The summed E-state index contributed by atoms with van der Waals surface area (Å²) in [5.41, 5.74) is 1.26. The van der Waals surface area contributed by atoms with E-state index in [1.165, 1.54) is 19.3 Å². The first-order valence-electron chi connectivity index (χ1n) is 8.60. The predicted octanol–water partition coefficient (Wildman–Crippen LogP) is 2.21. The Morgan fingerprint density at radius 2 is 2.00 bits per heavy atom. The van der Waals surface area contributed by atoms with E-state index < -0.39 is 0 Å². The van der Waals surface area contributed by atoms with Crippen LogP contribution in [0.4, 0.5) is 5.95 Å². The van der Waals surface area contributed by atoms with Gasteiger partial charge in [0.15, 0.2) is 0 Å². The van der Waals surface area contributed by atoms with Crippen LogP contribution in [-0.2, 0) is 0 Å². The highest BCUT2D eigenvalue weighted by Crippen LogP contribution is 2.20. The van der Waals surface area contributed by atoms with E-state index in [0.717, 1.165) is 31.5 Å². The molecule has 1 amide bonds. The Balaban J connectivity index is 1.91. The molecule has 6 nitrogen and oxygen atoms in total. The molecule has 1 aliphatic carbocycles. The van der Waals surface area contributed by atoms with Crippen molar-refractivity contribution in [2.75, 3.05) is 32.5 Å². The van der Waals surface area contributed by atoms with Crippen LogP contribution in [0, 0.1) is 6.92 Å². The van der Waals surface area contributed by atoms with Gasteiger partial charge in [-0.05, 0) is 52.9 Å². The van der Waals surface area contributed by atoms with Crippen LogP contribution < -0.4 is 10.6 Å². The number of aryl methyl sites for hydroxylation is 1. The maximum Gasteiger partial charge on any atom is 0.270 e. The van der Waals surface area contributed by atoms with Crippen molar-refractivity contribution in [3.05, 3.63) is 17.5 Å². The van der Waals surface area contributed by atoms with Crippen LogP contribution in [0.2, 0.25) is 0 Å². The minimum Gasteiger partial charge on any atom is -0.351 e. The molecule has 2 rings (SSSR count). The second-order valence-corrected chi connectivity index (χ2v) is 6.61. The first-order chi connectivity index (χ1) is 11.0. The second kappa shape index (κ2) is 8.82. The molecule has 0 bridgehead atoms. The summed E-state index contributed by atoms with van der Waals surface area (Å²) in [6.07, 6.45) is 7.06. The lowest BCUT2D eigenvalue weighted by Crippen LogP contribution is -2.29. The van der Waals surface area contributed by atoms with E-state index in [2.05, 4.69) is 25.5 Å². The Morgan fingerprint density at radius 1 is 1.26 bits per heavy atom. The molecule has 0 radical (unpaired) electrons. The smallest absolute Gasteiger partial charge is 0.270 e. The van der Waals surface area contributed by atoms with Gasteiger partial charge >= 0.3 is 0 Å². The lowest BCUT2D eigenvalue weighted by molar-refractivity contribution is 0.0947. The number of carbonyl (C=O) groups is 1. The average Bonchev–Trinajstić information content (AvgIpc) is 2.51. The zero-order valence-electron chi connectivity index (χ0n) is 14.6. The van der Waals surface area contributed by atoms with Gasteiger partial charge in [0.25, 0.3) is 5.91 Å². The molecule has 2 N–H and O–H groups in total. The molecule has 0 atom stereocenters. The lowest BCUT2D eigenvalue weighted by Gasteiger charge is -2.23. The fourth-order valence-electron chi connectivity index (χ4n) is 2.87. The van der Waals surface area contributed by atoms with Gasteiger partial charge in [-0.25, -0.2) is 9.97 Å². The molecule has 6 heteroatoms. The Kier molecular flexibility index (Phi) is 6.77. The van der Waals surface area contributed by atoms with Crippen LogP contribution in [0.25, 0.3) is 0 Å². The van der Waals surface area contributed by atoms with Gasteiger partial charge in [0.1, 0.15) is 5.69 Å². The van der Waals surface area contributed by atoms with Gasteiger partial charge < -0.3 is 15.5 Å². The topological polar surface area (TPSA) is 70.2 Å². The summed E-state index contributed by atoms with van der Waals surface area (Å²) in [5, 5.41) is 6.32. The highest BCUT2D eigenvalue weighted by Gasteiger charge is 2.16. The van der Waals surface area contributed by atoms with E-state index in [1.54, 1.807) is 6.07 Å². The molecule has 1 aromatic heterocycles. The van der Waals surface area contributed by atoms with Crippen molar-refractivity contribution in [2.45, 2.75) is 51.5 Å². The predicted molar refractivity (Wildman–Crippen MR) is 92.8 cm³/mol. The third-order valence-corrected chi connectivity index (χ3v) is 4.09. The quantitative estimate of drug-likeness (QED) is 0.754. The fraction of sp³-hybridized carbons (Fsp3) is 0.706. The first-order valence-corrected chi connectivity index (χ1v) is 8.60. The molecule has 128 valence electrons. The fourth-order valence-corrected chi connectivity index (χ4v) is 2.87. The van der Waals surface area contributed by atoms with Crippen LogP contribution in [0.15, 0.2) is 6.07 Å². The van der Waals surface area contributed by atoms with Gasteiger partial charge in [0.2, 0.25) is 5.95 Å². The van der Waals surface area contributed by atoms with Crippen LogP contribution in [0.3, 0.4) is 0 Å². The molecule has 0 unspecified atom stereocenters. The van der Waals surface area contributed by atoms with E-state index in [1.807, 2.05) is 21.0 Å². The molecule has 1 aliphatic rings. The number of carbonyl (C=O) groups excluding carboxylic acids is 1. The number of hydrogen-bond donors (Lipinski definition) is 2. The average molecular weight is 319 g/mol. The molecular formula is C17H29N5O. The van der Waals surface area contributed by atoms with Crippen LogP contribution >= 0.6 is 0 Å². The van der Waals surface area contributed by atoms with Gasteiger partial charge in [-0.3, -0.25) is 4.79 Å². The number of aromatic nitrogens is 2. The Morgan fingerprint density at radius 3 is 2.70 bits per heavy atom. The second-order valence-electron chi connectivity index (χ2n) is 6.61. The first kappa shape index (κ1) is 17.7. The monoisotopic (exact) mass is 319 g/mol. The van der Waals surface area contributed by atoms with Gasteiger partial charge in [0, 0.05) is 18.3 Å². The highest BCUT2D eigenvalue weighted by atomic mass is 16.1. The molecule has 23 heavy (non-hydrogen) atoms. The van der Waals surface area contributed by atoms with E-state index in [4.69, 9.17) is 0 Å².